The third-order valence-corrected chi connectivity index (χ3v) is 2.73. The highest BCUT2D eigenvalue weighted by molar-refractivity contribution is 5.89. The molecule has 1 N–H and O–H groups in total. The van der Waals surface area contributed by atoms with Gasteiger partial charge in [-0.15, -0.1) is 12.4 Å². The second kappa shape index (κ2) is 8.40. The number of hydrogen-bond acceptors (Lipinski definition) is 6. The van der Waals surface area contributed by atoms with Gasteiger partial charge in [-0.25, -0.2) is 4.79 Å². The number of halogens is 1. The summed E-state index contributed by atoms with van der Waals surface area (Å²) in [6.07, 6.45) is 3.08. The highest BCUT2D eigenvalue weighted by atomic mass is 35.5. The van der Waals surface area contributed by atoms with Crippen LogP contribution in [0.15, 0.2) is 46.1 Å². The summed E-state index contributed by atoms with van der Waals surface area (Å²) in [6.45, 7) is 6.05. The molecule has 24 heavy (non-hydrogen) atoms. The van der Waals surface area contributed by atoms with Gasteiger partial charge in [-0.1, -0.05) is 0 Å². The summed E-state index contributed by atoms with van der Waals surface area (Å²) in [4.78, 5) is 11.9. The van der Waals surface area contributed by atoms with Gasteiger partial charge in [0.2, 0.25) is 5.76 Å². The van der Waals surface area contributed by atoms with Crippen molar-refractivity contribution < 1.29 is 18.7 Å². The molecule has 0 saturated carbocycles. The number of nitrogens with zero attached hydrogens (tertiary/aromatic N) is 1. The van der Waals surface area contributed by atoms with Crippen LogP contribution in [0.1, 0.15) is 36.9 Å². The van der Waals surface area contributed by atoms with Crippen molar-refractivity contribution in [3.8, 4) is 11.5 Å². The van der Waals surface area contributed by atoms with Crippen LogP contribution in [0.2, 0.25) is 0 Å². The second-order valence-electron chi connectivity index (χ2n) is 5.90. The van der Waals surface area contributed by atoms with Gasteiger partial charge in [0, 0.05) is 5.54 Å². The Morgan fingerprint density at radius 2 is 2.00 bits per heavy atom. The predicted octanol–water partition coefficient (Wildman–Crippen LogP) is 3.65. The molecule has 0 unspecified atom stereocenters. The lowest BCUT2D eigenvalue weighted by Crippen LogP contribution is -2.31. The minimum atomic E-state index is -0.580. The minimum Gasteiger partial charge on any atom is -0.493 e. The van der Waals surface area contributed by atoms with Crippen LogP contribution in [-0.2, 0) is 0 Å². The molecule has 1 aromatic heterocycles. The Labute approximate surface area is 147 Å². The van der Waals surface area contributed by atoms with Crippen molar-refractivity contribution in [3.05, 3.63) is 47.9 Å². The Kier molecular flexibility index (Phi) is 6.85. The molecule has 0 spiro atoms. The summed E-state index contributed by atoms with van der Waals surface area (Å²) >= 11 is 0. The van der Waals surface area contributed by atoms with E-state index in [4.69, 9.17) is 13.9 Å². The lowest BCUT2D eigenvalue weighted by molar-refractivity contribution is 0.0696. The Morgan fingerprint density at radius 3 is 2.58 bits per heavy atom. The van der Waals surface area contributed by atoms with E-state index in [2.05, 4.69) is 10.5 Å². The van der Waals surface area contributed by atoms with E-state index in [1.165, 1.54) is 19.4 Å². The monoisotopic (exact) mass is 352 g/mol. The Bertz CT molecular complexity index is 691. The maximum Gasteiger partial charge on any atom is 0.379 e. The van der Waals surface area contributed by atoms with E-state index < -0.39 is 5.97 Å². The quantitative estimate of drug-likeness (QED) is 0.385. The van der Waals surface area contributed by atoms with Crippen LogP contribution in [0.25, 0.3) is 0 Å². The number of rotatable bonds is 5. The first-order valence-corrected chi connectivity index (χ1v) is 7.13. The smallest absolute Gasteiger partial charge is 0.379 e. The van der Waals surface area contributed by atoms with E-state index in [9.17, 15) is 4.79 Å². The molecule has 2 aromatic rings. The maximum absolute atomic E-state index is 11.9. The number of methoxy groups -OCH3 is 1. The van der Waals surface area contributed by atoms with Crippen LogP contribution in [0.4, 0.5) is 0 Å². The van der Waals surface area contributed by atoms with Gasteiger partial charge < -0.3 is 19.3 Å². The molecule has 0 aliphatic rings. The molecule has 0 saturated heterocycles. The molecule has 0 aliphatic heterocycles. The zero-order chi connectivity index (χ0) is 16.9. The number of hydrogen-bond donors (Lipinski definition) is 1. The van der Waals surface area contributed by atoms with E-state index >= 15 is 0 Å². The first-order valence-electron chi connectivity index (χ1n) is 7.13. The van der Waals surface area contributed by atoms with Crippen molar-refractivity contribution in [1.82, 2.24) is 5.43 Å². The summed E-state index contributed by atoms with van der Waals surface area (Å²) in [7, 11) is 1.51. The Hall–Kier alpha value is -2.47. The fraction of sp³-hybridized carbons (Fsp3) is 0.294. The number of benzene rings is 1. The maximum atomic E-state index is 11.9. The first kappa shape index (κ1) is 19.6. The van der Waals surface area contributed by atoms with E-state index in [-0.39, 0.29) is 23.7 Å². The Balaban J connectivity index is 0.00000288. The van der Waals surface area contributed by atoms with E-state index in [1.807, 2.05) is 20.8 Å². The average Bonchev–Trinajstić information content (AvgIpc) is 3.01. The van der Waals surface area contributed by atoms with Crippen molar-refractivity contribution in [1.29, 1.82) is 0 Å². The van der Waals surface area contributed by atoms with Crippen molar-refractivity contribution in [2.45, 2.75) is 26.3 Å². The molecule has 0 fully saturated rings. The number of esters is 1. The average molecular weight is 353 g/mol. The molecule has 0 amide bonds. The number of carbonyl (C=O) groups excluding carboxylic acids is 1. The van der Waals surface area contributed by atoms with Gasteiger partial charge in [-0.3, -0.25) is 0 Å². The molecule has 0 radical (unpaired) electrons. The van der Waals surface area contributed by atoms with Gasteiger partial charge in [0.15, 0.2) is 11.5 Å². The van der Waals surface area contributed by atoms with Gasteiger partial charge in [-0.05, 0) is 56.7 Å². The van der Waals surface area contributed by atoms with E-state index in [1.54, 1.807) is 30.5 Å². The summed E-state index contributed by atoms with van der Waals surface area (Å²) in [5, 5.41) is 4.17. The normalized spacial score (nSPS) is 11.0. The highest BCUT2D eigenvalue weighted by Crippen LogP contribution is 2.28. The van der Waals surface area contributed by atoms with Crippen molar-refractivity contribution in [2.75, 3.05) is 7.11 Å². The lowest BCUT2D eigenvalue weighted by Gasteiger charge is -2.17. The van der Waals surface area contributed by atoms with Crippen molar-refractivity contribution >= 4 is 24.6 Å². The first-order chi connectivity index (χ1) is 10.9. The summed E-state index contributed by atoms with van der Waals surface area (Å²) in [5.41, 5.74) is 3.71. The second-order valence-corrected chi connectivity index (χ2v) is 5.90. The SMILES string of the molecule is COc1cc(C=NNC(C)(C)C)ccc1OC(=O)c1ccco1.Cl. The van der Waals surface area contributed by atoms with Gasteiger partial charge in [0.1, 0.15) is 0 Å². The molecule has 2 rings (SSSR count). The minimum absolute atomic E-state index is 0. The molecule has 130 valence electrons. The van der Waals surface area contributed by atoms with Crippen molar-refractivity contribution in [2.24, 2.45) is 5.10 Å². The number of ether oxygens (including phenoxy) is 2. The molecule has 7 heteroatoms. The van der Waals surface area contributed by atoms with Crippen LogP contribution in [-0.4, -0.2) is 24.8 Å². The van der Waals surface area contributed by atoms with Crippen LogP contribution in [0, 0.1) is 0 Å². The van der Waals surface area contributed by atoms with Crippen LogP contribution in [0.5, 0.6) is 11.5 Å². The zero-order valence-corrected chi connectivity index (χ0v) is 14.8. The summed E-state index contributed by atoms with van der Waals surface area (Å²) in [5.74, 6) is 0.302. The number of carbonyl (C=O) groups is 1. The topological polar surface area (TPSA) is 73.1 Å². The van der Waals surface area contributed by atoms with Gasteiger partial charge >= 0.3 is 5.97 Å². The third kappa shape index (κ3) is 5.62. The standard InChI is InChI=1S/C17H20N2O4.ClH/c1-17(2,3)19-18-11-12-7-8-13(15(10-12)21-4)23-16(20)14-6-5-9-22-14;/h5-11,19H,1-4H3;1H. The zero-order valence-electron chi connectivity index (χ0n) is 14.0. The van der Waals surface area contributed by atoms with Gasteiger partial charge in [0.25, 0.3) is 0 Å². The fourth-order valence-corrected chi connectivity index (χ4v) is 1.69. The predicted molar refractivity (Wildman–Crippen MR) is 94.4 cm³/mol. The largest absolute Gasteiger partial charge is 0.493 e. The molecule has 0 aliphatic carbocycles. The fourth-order valence-electron chi connectivity index (χ4n) is 1.69. The van der Waals surface area contributed by atoms with E-state index in [0.717, 1.165) is 5.56 Å². The third-order valence-electron chi connectivity index (χ3n) is 2.73. The van der Waals surface area contributed by atoms with Gasteiger partial charge in [-0.2, -0.15) is 5.10 Å². The van der Waals surface area contributed by atoms with Crippen LogP contribution >= 0.6 is 12.4 Å². The Morgan fingerprint density at radius 1 is 1.25 bits per heavy atom. The molecular weight excluding hydrogens is 332 g/mol. The van der Waals surface area contributed by atoms with E-state index in [0.29, 0.717) is 11.5 Å². The molecule has 1 heterocycles. The summed E-state index contributed by atoms with van der Waals surface area (Å²) in [6, 6.07) is 8.32. The summed E-state index contributed by atoms with van der Waals surface area (Å²) < 4.78 is 15.5. The van der Waals surface area contributed by atoms with Crippen LogP contribution < -0.4 is 14.9 Å². The lowest BCUT2D eigenvalue weighted by atomic mass is 10.1. The molecule has 0 atom stereocenters. The molecular formula is C17H21ClN2O4. The molecule has 6 nitrogen and oxygen atoms in total. The molecule has 1 aromatic carbocycles. The number of furan rings is 1. The van der Waals surface area contributed by atoms with Crippen LogP contribution in [0.3, 0.4) is 0 Å². The number of hydrazone groups is 1. The van der Waals surface area contributed by atoms with Crippen molar-refractivity contribution in [3.63, 3.8) is 0 Å². The van der Waals surface area contributed by atoms with Gasteiger partial charge in [0.05, 0.1) is 19.6 Å². The molecule has 0 bridgehead atoms. The number of nitrogens with one attached hydrogen (secondary N) is 1. The highest BCUT2D eigenvalue weighted by Gasteiger charge is 2.15.